The quantitative estimate of drug-likeness (QED) is 0.505. The van der Waals surface area contributed by atoms with Gasteiger partial charge in [-0.3, -0.25) is 4.79 Å². The van der Waals surface area contributed by atoms with Gasteiger partial charge in [-0.25, -0.2) is 0 Å². The number of ether oxygens (including phenoxy) is 3. The first-order valence-electron chi connectivity index (χ1n) is 8.88. The van der Waals surface area contributed by atoms with Crippen LogP contribution in [-0.2, 0) is 19.0 Å². The maximum Gasteiger partial charge on any atom is 0.307 e. The fraction of sp³-hybridized carbons (Fsp3) is 0.842. The molecule has 23 heavy (non-hydrogen) atoms. The highest BCUT2D eigenvalue weighted by Crippen LogP contribution is 2.70. The van der Waals surface area contributed by atoms with Crippen molar-refractivity contribution in [1.82, 2.24) is 0 Å². The molecule has 0 bridgehead atoms. The first-order chi connectivity index (χ1) is 10.7. The minimum atomic E-state index is -0.578. The van der Waals surface area contributed by atoms with Crippen LogP contribution in [-0.4, -0.2) is 30.1 Å². The average Bonchev–Trinajstić information content (AvgIpc) is 2.70. The van der Waals surface area contributed by atoms with E-state index in [9.17, 15) is 4.79 Å². The molecule has 4 heteroatoms. The van der Waals surface area contributed by atoms with Crippen LogP contribution in [0.15, 0.2) is 11.6 Å². The monoisotopic (exact) mass is 320 g/mol. The molecule has 0 amide bonds. The summed E-state index contributed by atoms with van der Waals surface area (Å²) in [6.45, 7) is 11.2. The molecule has 4 rings (SSSR count). The van der Waals surface area contributed by atoms with Crippen molar-refractivity contribution in [2.75, 3.05) is 6.61 Å². The van der Waals surface area contributed by atoms with Gasteiger partial charge in [-0.05, 0) is 46.0 Å². The second kappa shape index (κ2) is 4.40. The molecule has 0 unspecified atom stereocenters. The van der Waals surface area contributed by atoms with E-state index in [1.54, 1.807) is 0 Å². The number of hydrogen-bond acceptors (Lipinski definition) is 4. The highest BCUT2D eigenvalue weighted by molar-refractivity contribution is 5.75. The van der Waals surface area contributed by atoms with Gasteiger partial charge < -0.3 is 14.2 Å². The maximum absolute atomic E-state index is 12.4. The van der Waals surface area contributed by atoms with Crippen LogP contribution in [0.4, 0.5) is 0 Å². The van der Waals surface area contributed by atoms with E-state index < -0.39 is 11.4 Å². The van der Waals surface area contributed by atoms with E-state index in [-0.39, 0.29) is 22.9 Å². The van der Waals surface area contributed by atoms with Crippen LogP contribution in [0.2, 0.25) is 0 Å². The van der Waals surface area contributed by atoms with Crippen molar-refractivity contribution >= 4 is 5.97 Å². The van der Waals surface area contributed by atoms with Gasteiger partial charge in [-0.1, -0.05) is 25.5 Å². The molecular weight excluding hydrogens is 292 g/mol. The fourth-order valence-corrected chi connectivity index (χ4v) is 5.95. The summed E-state index contributed by atoms with van der Waals surface area (Å²) in [5.41, 5.74) is 0.296. The molecule has 2 spiro atoms. The summed E-state index contributed by atoms with van der Waals surface area (Å²) in [4.78, 5) is 12.4. The Morgan fingerprint density at radius 2 is 2.00 bits per heavy atom. The van der Waals surface area contributed by atoms with Crippen LogP contribution < -0.4 is 0 Å². The molecule has 0 aromatic carbocycles. The average molecular weight is 320 g/mol. The third kappa shape index (κ3) is 1.67. The van der Waals surface area contributed by atoms with E-state index >= 15 is 0 Å². The zero-order chi connectivity index (χ0) is 16.7. The van der Waals surface area contributed by atoms with E-state index in [2.05, 4.69) is 26.8 Å². The summed E-state index contributed by atoms with van der Waals surface area (Å²) in [6, 6.07) is 0. The molecule has 4 nitrogen and oxygen atoms in total. The summed E-state index contributed by atoms with van der Waals surface area (Å²) in [7, 11) is 0. The summed E-state index contributed by atoms with van der Waals surface area (Å²) in [6.07, 6.45) is 5.63. The van der Waals surface area contributed by atoms with Crippen LogP contribution in [0.3, 0.4) is 0 Å². The molecule has 0 aromatic heterocycles. The SMILES string of the molecule is CC1=CCC[C@@]23OC(=O)C[C@]2(C)[C@@H](C)C[C@@H]2OC(C)(C)OC[C@@]123. The summed E-state index contributed by atoms with van der Waals surface area (Å²) < 4.78 is 18.7. The number of hydrogen-bond donors (Lipinski definition) is 0. The van der Waals surface area contributed by atoms with Gasteiger partial charge in [-0.15, -0.1) is 0 Å². The van der Waals surface area contributed by atoms with Crippen molar-refractivity contribution in [1.29, 1.82) is 0 Å². The largest absolute Gasteiger partial charge is 0.457 e. The Kier molecular flexibility index (Phi) is 2.99. The van der Waals surface area contributed by atoms with E-state index in [1.807, 2.05) is 13.8 Å². The van der Waals surface area contributed by atoms with Gasteiger partial charge in [0.05, 0.1) is 24.5 Å². The maximum atomic E-state index is 12.4. The number of carbonyl (C=O) groups is 1. The van der Waals surface area contributed by atoms with Crippen molar-refractivity contribution < 1.29 is 19.0 Å². The summed E-state index contributed by atoms with van der Waals surface area (Å²) in [5.74, 6) is -0.254. The van der Waals surface area contributed by atoms with Crippen LogP contribution in [0, 0.1) is 16.7 Å². The molecule has 0 aromatic rings. The Labute approximate surface area is 138 Å². The minimum absolute atomic E-state index is 0.0387. The third-order valence-corrected chi connectivity index (χ3v) is 7.37. The van der Waals surface area contributed by atoms with Crippen molar-refractivity contribution in [2.24, 2.45) is 16.7 Å². The van der Waals surface area contributed by atoms with E-state index in [1.165, 1.54) is 5.57 Å². The number of carbonyl (C=O) groups excluding carboxylic acids is 1. The van der Waals surface area contributed by atoms with Gasteiger partial charge in [0.25, 0.3) is 0 Å². The van der Waals surface area contributed by atoms with Gasteiger partial charge in [0.2, 0.25) is 0 Å². The molecule has 5 atom stereocenters. The van der Waals surface area contributed by atoms with E-state index in [4.69, 9.17) is 14.2 Å². The van der Waals surface area contributed by atoms with Crippen LogP contribution in [0.25, 0.3) is 0 Å². The molecule has 4 aliphatic rings. The fourth-order valence-electron chi connectivity index (χ4n) is 5.95. The van der Waals surface area contributed by atoms with Crippen LogP contribution in [0.1, 0.15) is 60.3 Å². The molecule has 2 aliphatic carbocycles. The Morgan fingerprint density at radius 3 is 2.74 bits per heavy atom. The molecule has 1 saturated carbocycles. The first-order valence-corrected chi connectivity index (χ1v) is 8.88. The van der Waals surface area contributed by atoms with Crippen molar-refractivity contribution in [3.05, 3.63) is 11.6 Å². The van der Waals surface area contributed by atoms with Crippen LogP contribution >= 0.6 is 0 Å². The molecule has 0 N–H and O–H groups in total. The number of rotatable bonds is 0. The Morgan fingerprint density at radius 1 is 1.26 bits per heavy atom. The lowest BCUT2D eigenvalue weighted by atomic mass is 9.43. The second-order valence-corrected chi connectivity index (χ2v) is 8.72. The standard InChI is InChI=1S/C19H28O4/c1-12-7-6-8-19-17(5,10-15(20)23-19)13(2)9-14-18(12,19)11-21-16(3,4)22-14/h7,13-14H,6,8-11H2,1-5H3/t13-,14-,17+,18+,19+/m0/s1. The Balaban J connectivity index is 1.93. The Hall–Kier alpha value is -0.870. The normalized spacial score (nSPS) is 51.2. The van der Waals surface area contributed by atoms with Crippen molar-refractivity contribution in [3.8, 4) is 0 Å². The van der Waals surface area contributed by atoms with Gasteiger partial charge in [0.15, 0.2) is 5.79 Å². The lowest BCUT2D eigenvalue weighted by Gasteiger charge is -2.66. The second-order valence-electron chi connectivity index (χ2n) is 8.72. The summed E-state index contributed by atoms with van der Waals surface area (Å²) in [5, 5.41) is 0. The molecule has 128 valence electrons. The minimum Gasteiger partial charge on any atom is -0.457 e. The highest BCUT2D eigenvalue weighted by atomic mass is 16.7. The van der Waals surface area contributed by atoms with Gasteiger partial charge in [0.1, 0.15) is 5.60 Å². The Bertz CT molecular complexity index is 594. The third-order valence-electron chi connectivity index (χ3n) is 7.37. The molecule has 2 heterocycles. The van der Waals surface area contributed by atoms with E-state index in [0.717, 1.165) is 19.3 Å². The molecule has 2 aliphatic heterocycles. The summed E-state index contributed by atoms with van der Waals surface area (Å²) >= 11 is 0. The number of esters is 1. The lowest BCUT2D eigenvalue weighted by molar-refractivity contribution is -0.365. The molecular formula is C19H28O4. The van der Waals surface area contributed by atoms with Gasteiger partial charge >= 0.3 is 5.97 Å². The smallest absolute Gasteiger partial charge is 0.307 e. The van der Waals surface area contributed by atoms with Gasteiger partial charge in [-0.2, -0.15) is 0 Å². The van der Waals surface area contributed by atoms with E-state index in [0.29, 0.717) is 18.9 Å². The first kappa shape index (κ1) is 15.6. The van der Waals surface area contributed by atoms with Gasteiger partial charge in [0, 0.05) is 5.41 Å². The molecule has 3 fully saturated rings. The number of allylic oxidation sites excluding steroid dienone is 1. The zero-order valence-electron chi connectivity index (χ0n) is 14.9. The topological polar surface area (TPSA) is 44.8 Å². The molecule has 0 radical (unpaired) electrons. The lowest BCUT2D eigenvalue weighted by Crippen LogP contribution is -2.73. The highest BCUT2D eigenvalue weighted by Gasteiger charge is 2.76. The van der Waals surface area contributed by atoms with Crippen LogP contribution in [0.5, 0.6) is 0 Å². The van der Waals surface area contributed by atoms with Crippen molar-refractivity contribution in [3.63, 3.8) is 0 Å². The predicted molar refractivity (Wildman–Crippen MR) is 85.7 cm³/mol. The van der Waals surface area contributed by atoms with Crippen molar-refractivity contribution in [2.45, 2.75) is 77.8 Å². The molecule has 2 saturated heterocycles. The predicted octanol–water partition coefficient (Wildman–Crippen LogP) is 3.60. The zero-order valence-corrected chi connectivity index (χ0v) is 14.9.